The Balaban J connectivity index is 1.59. The van der Waals surface area contributed by atoms with E-state index >= 15 is 0 Å². The van der Waals surface area contributed by atoms with E-state index in [0.29, 0.717) is 11.5 Å². The average molecular weight is 442 g/mol. The van der Waals surface area contributed by atoms with Gasteiger partial charge in [0.25, 0.3) is 0 Å². The summed E-state index contributed by atoms with van der Waals surface area (Å²) in [5.74, 6) is 1.91. The van der Waals surface area contributed by atoms with Crippen LogP contribution < -0.4 is 4.74 Å². The Morgan fingerprint density at radius 1 is 1.16 bits per heavy atom. The maximum atomic E-state index is 12.9. The van der Waals surface area contributed by atoms with E-state index < -0.39 is 11.7 Å². The summed E-state index contributed by atoms with van der Waals surface area (Å²) in [5, 5.41) is 11.3. The molecule has 1 N–H and O–H groups in total. The van der Waals surface area contributed by atoms with Crippen molar-refractivity contribution in [2.45, 2.75) is 84.1 Å². The predicted octanol–water partition coefficient (Wildman–Crippen LogP) is 5.78. The molecule has 0 spiro atoms. The number of hydrogen-bond acceptors (Lipinski definition) is 5. The monoisotopic (exact) mass is 441 g/mol. The average Bonchev–Trinajstić information content (AvgIpc) is 3.25. The van der Waals surface area contributed by atoms with Gasteiger partial charge in [0.1, 0.15) is 29.0 Å². The van der Waals surface area contributed by atoms with E-state index in [2.05, 4.69) is 0 Å². The second-order valence-electron chi connectivity index (χ2n) is 10.2. The fourth-order valence-electron chi connectivity index (χ4n) is 5.28. The molecule has 2 aromatic rings. The van der Waals surface area contributed by atoms with Crippen LogP contribution in [0.15, 0.2) is 28.7 Å². The second kappa shape index (κ2) is 8.47. The zero-order valence-corrected chi connectivity index (χ0v) is 20.0. The molecule has 4 rings (SSSR count). The Morgan fingerprint density at radius 3 is 2.56 bits per heavy atom. The quantitative estimate of drug-likeness (QED) is 0.651. The zero-order chi connectivity index (χ0) is 23.2. The van der Waals surface area contributed by atoms with Crippen LogP contribution in [0.3, 0.4) is 0 Å². The third-order valence-corrected chi connectivity index (χ3v) is 6.71. The summed E-state index contributed by atoms with van der Waals surface area (Å²) in [7, 11) is 1.65. The standard InChI is InChI=1S/C26H35NO5/c1-15-7-10-19(21(13-15)30-6)24-16(2)14-22(31-24)23(28)18-11-8-17-9-12-20(18)27(17)25(29)32-26(3,4)5/h7,10,13-14,17-18,20,23,28H,8-9,11-12H2,1-6H3. The fourth-order valence-corrected chi connectivity index (χ4v) is 5.28. The number of amides is 1. The van der Waals surface area contributed by atoms with Gasteiger partial charge in [-0.2, -0.15) is 0 Å². The largest absolute Gasteiger partial charge is 0.496 e. The van der Waals surface area contributed by atoms with E-state index in [1.807, 2.05) is 63.8 Å². The number of fused-ring (bicyclic) bond motifs is 2. The predicted molar refractivity (Wildman–Crippen MR) is 123 cm³/mol. The molecule has 2 aliphatic heterocycles. The Labute approximate surface area is 190 Å². The summed E-state index contributed by atoms with van der Waals surface area (Å²) in [6.07, 6.45) is 2.50. The van der Waals surface area contributed by atoms with Crippen LogP contribution in [0.25, 0.3) is 11.3 Å². The molecule has 4 atom stereocenters. The molecule has 1 amide bonds. The highest BCUT2D eigenvalue weighted by Crippen LogP contribution is 2.46. The molecule has 2 saturated heterocycles. The number of carbonyl (C=O) groups excluding carboxylic acids is 1. The van der Waals surface area contributed by atoms with E-state index in [0.717, 1.165) is 48.1 Å². The molecule has 0 aliphatic carbocycles. The van der Waals surface area contributed by atoms with Crippen molar-refractivity contribution in [3.05, 3.63) is 41.2 Å². The minimum absolute atomic E-state index is 0.0404. The highest BCUT2D eigenvalue weighted by molar-refractivity contribution is 5.70. The molecule has 6 nitrogen and oxygen atoms in total. The fraction of sp³-hybridized carbons (Fsp3) is 0.577. The van der Waals surface area contributed by atoms with Gasteiger partial charge in [0.2, 0.25) is 0 Å². The number of nitrogens with zero attached hydrogens (tertiary/aromatic N) is 1. The van der Waals surface area contributed by atoms with Crippen molar-refractivity contribution in [2.24, 2.45) is 5.92 Å². The number of methoxy groups -OCH3 is 1. The van der Waals surface area contributed by atoms with Crippen LogP contribution in [0.1, 0.15) is 69.4 Å². The molecule has 1 aromatic heterocycles. The minimum Gasteiger partial charge on any atom is -0.496 e. The summed E-state index contributed by atoms with van der Waals surface area (Å²) in [4.78, 5) is 14.8. The number of benzene rings is 1. The molecular weight excluding hydrogens is 406 g/mol. The van der Waals surface area contributed by atoms with Crippen LogP contribution >= 0.6 is 0 Å². The molecule has 6 heteroatoms. The topological polar surface area (TPSA) is 72.1 Å². The van der Waals surface area contributed by atoms with E-state index in [9.17, 15) is 9.90 Å². The summed E-state index contributed by atoms with van der Waals surface area (Å²) in [6.45, 7) is 9.65. The second-order valence-corrected chi connectivity index (χ2v) is 10.2. The molecule has 0 radical (unpaired) electrons. The number of piperidine rings is 1. The lowest BCUT2D eigenvalue weighted by Gasteiger charge is -2.41. The number of rotatable bonds is 4. The molecule has 2 bridgehead atoms. The third-order valence-electron chi connectivity index (χ3n) is 6.71. The molecule has 2 fully saturated rings. The van der Waals surface area contributed by atoms with Gasteiger partial charge < -0.3 is 23.9 Å². The van der Waals surface area contributed by atoms with Gasteiger partial charge in [-0.25, -0.2) is 4.79 Å². The van der Waals surface area contributed by atoms with Crippen LogP contribution in [-0.2, 0) is 4.74 Å². The number of carbonyl (C=O) groups is 1. The van der Waals surface area contributed by atoms with Crippen molar-refractivity contribution in [1.29, 1.82) is 0 Å². The van der Waals surface area contributed by atoms with Crippen molar-refractivity contribution >= 4 is 6.09 Å². The van der Waals surface area contributed by atoms with Crippen LogP contribution in [0, 0.1) is 19.8 Å². The molecule has 1 aromatic carbocycles. The first-order valence-electron chi connectivity index (χ1n) is 11.5. The highest BCUT2D eigenvalue weighted by Gasteiger charge is 2.49. The van der Waals surface area contributed by atoms with Crippen molar-refractivity contribution in [3.8, 4) is 17.1 Å². The van der Waals surface area contributed by atoms with Gasteiger partial charge in [0.15, 0.2) is 0 Å². The van der Waals surface area contributed by atoms with Crippen molar-refractivity contribution in [1.82, 2.24) is 4.90 Å². The lowest BCUT2D eigenvalue weighted by molar-refractivity contribution is -0.0273. The Bertz CT molecular complexity index is 989. The molecule has 3 heterocycles. The van der Waals surface area contributed by atoms with Gasteiger partial charge in [-0.3, -0.25) is 0 Å². The number of aliphatic hydroxyl groups is 1. The van der Waals surface area contributed by atoms with Crippen molar-refractivity contribution < 1.29 is 23.8 Å². The summed E-state index contributed by atoms with van der Waals surface area (Å²) in [6, 6.07) is 8.06. The molecule has 4 unspecified atom stereocenters. The number of furan rings is 1. The van der Waals surface area contributed by atoms with E-state index in [1.54, 1.807) is 7.11 Å². The van der Waals surface area contributed by atoms with Gasteiger partial charge in [0.05, 0.1) is 12.7 Å². The number of ether oxygens (including phenoxy) is 2. The maximum Gasteiger partial charge on any atom is 0.410 e. The summed E-state index contributed by atoms with van der Waals surface area (Å²) < 4.78 is 17.5. The first-order valence-corrected chi connectivity index (χ1v) is 11.5. The smallest absolute Gasteiger partial charge is 0.410 e. The molecular formula is C26H35NO5. The number of aryl methyl sites for hydroxylation is 2. The van der Waals surface area contributed by atoms with Crippen molar-refractivity contribution in [3.63, 3.8) is 0 Å². The van der Waals surface area contributed by atoms with Gasteiger partial charge >= 0.3 is 6.09 Å². The van der Waals surface area contributed by atoms with Gasteiger partial charge in [-0.1, -0.05) is 6.07 Å². The molecule has 0 saturated carbocycles. The number of hydrogen-bond donors (Lipinski definition) is 1. The lowest BCUT2D eigenvalue weighted by Crippen LogP contribution is -2.51. The number of aliphatic hydroxyl groups excluding tert-OH is 1. The molecule has 2 aliphatic rings. The molecule has 174 valence electrons. The van der Waals surface area contributed by atoms with E-state index in [-0.39, 0.29) is 24.1 Å². The zero-order valence-electron chi connectivity index (χ0n) is 20.0. The van der Waals surface area contributed by atoms with Crippen LogP contribution in [0.4, 0.5) is 4.79 Å². The van der Waals surface area contributed by atoms with Crippen LogP contribution in [-0.4, -0.2) is 40.9 Å². The Morgan fingerprint density at radius 2 is 1.88 bits per heavy atom. The third kappa shape index (κ3) is 4.25. The van der Waals surface area contributed by atoms with E-state index in [1.165, 1.54) is 0 Å². The normalized spacial score (nSPS) is 23.8. The Hall–Kier alpha value is -2.47. The first-order chi connectivity index (χ1) is 15.1. The summed E-state index contributed by atoms with van der Waals surface area (Å²) in [5.41, 5.74) is 2.39. The van der Waals surface area contributed by atoms with Crippen LogP contribution in [0.2, 0.25) is 0 Å². The maximum absolute atomic E-state index is 12.9. The van der Waals surface area contributed by atoms with Crippen LogP contribution in [0.5, 0.6) is 5.75 Å². The van der Waals surface area contributed by atoms with Gasteiger partial charge in [-0.15, -0.1) is 0 Å². The highest BCUT2D eigenvalue weighted by atomic mass is 16.6. The van der Waals surface area contributed by atoms with Crippen molar-refractivity contribution in [2.75, 3.05) is 7.11 Å². The van der Waals surface area contributed by atoms with E-state index in [4.69, 9.17) is 13.9 Å². The van der Waals surface area contributed by atoms with Gasteiger partial charge in [0, 0.05) is 18.0 Å². The Kier molecular flexibility index (Phi) is 6.01. The molecule has 32 heavy (non-hydrogen) atoms. The minimum atomic E-state index is -0.784. The summed E-state index contributed by atoms with van der Waals surface area (Å²) >= 11 is 0. The first kappa shape index (κ1) is 22.7. The van der Waals surface area contributed by atoms with Gasteiger partial charge in [-0.05, 0) is 89.6 Å². The lowest BCUT2D eigenvalue weighted by atomic mass is 9.85. The SMILES string of the molecule is COc1cc(C)ccc1-c1oc(C(O)C2CCC3CCC2N3C(=O)OC(C)(C)C)cc1C.